The summed E-state index contributed by atoms with van der Waals surface area (Å²) in [6.07, 6.45) is 0.936. The van der Waals surface area contributed by atoms with Crippen LogP contribution in [0.4, 0.5) is 0 Å². The average molecular weight is 400 g/mol. The van der Waals surface area contributed by atoms with Crippen LogP contribution in [0.1, 0.15) is 35.3 Å². The van der Waals surface area contributed by atoms with Gasteiger partial charge >= 0.3 is 5.97 Å². The molecule has 0 saturated heterocycles. The monoisotopic (exact) mass is 399 g/mol. The van der Waals surface area contributed by atoms with E-state index in [1.807, 2.05) is 6.92 Å². The first kappa shape index (κ1) is 22.0. The minimum Gasteiger partial charge on any atom is -0.507 e. The summed E-state index contributed by atoms with van der Waals surface area (Å²) in [5.41, 5.74) is 6.50. The number of benzene rings is 2. The molecule has 142 valence electrons. The normalized spacial score (nSPS) is 12.3. The summed E-state index contributed by atoms with van der Waals surface area (Å²) in [5.74, 6) is -1.78. The molecule has 0 saturated carbocycles. The number of phenols is 1. The van der Waals surface area contributed by atoms with Crippen molar-refractivity contribution >= 4 is 28.2 Å². The van der Waals surface area contributed by atoms with Crippen LogP contribution in [-0.4, -0.2) is 30.6 Å². The number of carboxylic acid groups (broad SMARTS) is 1. The number of aryl methyl sites for hydroxylation is 1. The molecule has 1 atom stereocenters. The molecular formula is C18H22ClNO5S. The third kappa shape index (κ3) is 4.55. The number of carboxylic acids is 1. The molecule has 0 amide bonds. The molecule has 2 rings (SSSR count). The van der Waals surface area contributed by atoms with E-state index in [-0.39, 0.29) is 33.8 Å². The molecule has 0 bridgehead atoms. The molecule has 0 aliphatic carbocycles. The van der Waals surface area contributed by atoms with Crippen LogP contribution in [0, 0.1) is 0 Å². The van der Waals surface area contributed by atoms with Gasteiger partial charge in [-0.05, 0) is 55.2 Å². The van der Waals surface area contributed by atoms with Gasteiger partial charge in [0.05, 0.1) is 9.79 Å². The molecule has 0 radical (unpaired) electrons. The van der Waals surface area contributed by atoms with E-state index < -0.39 is 27.1 Å². The van der Waals surface area contributed by atoms with Crippen LogP contribution in [0.15, 0.2) is 46.2 Å². The molecular weight excluding hydrogens is 378 g/mol. The summed E-state index contributed by atoms with van der Waals surface area (Å²) in [4.78, 5) is 11.2. The Kier molecular flexibility index (Phi) is 7.20. The Bertz CT molecular complexity index is 893. The maximum absolute atomic E-state index is 12.8. The fourth-order valence-electron chi connectivity index (χ4n) is 2.57. The lowest BCUT2D eigenvalue weighted by atomic mass is 10.1. The number of aromatic hydroxyl groups is 1. The third-order valence-corrected chi connectivity index (χ3v) is 5.62. The minimum absolute atomic E-state index is 0. The van der Waals surface area contributed by atoms with Gasteiger partial charge in [0.2, 0.25) is 9.84 Å². The number of sulfone groups is 1. The molecule has 1 unspecified atom stereocenters. The zero-order chi connectivity index (χ0) is 18.8. The van der Waals surface area contributed by atoms with Gasteiger partial charge in [0.1, 0.15) is 11.3 Å². The van der Waals surface area contributed by atoms with E-state index in [9.17, 15) is 23.4 Å². The fourth-order valence-corrected chi connectivity index (χ4v) is 3.90. The molecule has 0 aromatic heterocycles. The predicted octanol–water partition coefficient (Wildman–Crippen LogP) is 2.80. The second-order valence-electron chi connectivity index (χ2n) is 5.97. The van der Waals surface area contributed by atoms with Crippen molar-refractivity contribution in [1.29, 1.82) is 0 Å². The van der Waals surface area contributed by atoms with Crippen LogP contribution in [0.2, 0.25) is 0 Å². The van der Waals surface area contributed by atoms with Crippen molar-refractivity contribution in [2.75, 3.05) is 0 Å². The quantitative estimate of drug-likeness (QED) is 0.687. The van der Waals surface area contributed by atoms with E-state index in [0.29, 0.717) is 12.8 Å². The number of halogens is 1. The van der Waals surface area contributed by atoms with E-state index in [0.717, 1.165) is 11.6 Å². The highest BCUT2D eigenvalue weighted by Crippen LogP contribution is 2.30. The average Bonchev–Trinajstić information content (AvgIpc) is 2.54. The van der Waals surface area contributed by atoms with Gasteiger partial charge in [-0.3, -0.25) is 0 Å². The minimum atomic E-state index is -3.90. The molecule has 6 nitrogen and oxygen atoms in total. The van der Waals surface area contributed by atoms with Crippen molar-refractivity contribution in [2.24, 2.45) is 5.73 Å². The van der Waals surface area contributed by atoms with Crippen LogP contribution in [-0.2, 0) is 22.7 Å². The number of rotatable bonds is 6. The highest BCUT2D eigenvalue weighted by atomic mass is 35.5. The maximum Gasteiger partial charge on any atom is 0.339 e. The molecule has 0 heterocycles. The van der Waals surface area contributed by atoms with Gasteiger partial charge in [-0.1, -0.05) is 19.1 Å². The third-order valence-electron chi connectivity index (χ3n) is 3.88. The number of hydrogen-bond donors (Lipinski definition) is 3. The first-order valence-electron chi connectivity index (χ1n) is 7.85. The zero-order valence-corrected chi connectivity index (χ0v) is 16.1. The van der Waals surface area contributed by atoms with Crippen molar-refractivity contribution in [3.05, 3.63) is 53.1 Å². The number of aromatic carboxylic acids is 1. The first-order chi connectivity index (χ1) is 11.7. The Balaban J connectivity index is 0.00000338. The van der Waals surface area contributed by atoms with E-state index >= 15 is 0 Å². The molecule has 0 aliphatic rings. The van der Waals surface area contributed by atoms with Crippen molar-refractivity contribution < 1.29 is 23.4 Å². The Labute approximate surface area is 159 Å². The molecule has 0 spiro atoms. The van der Waals surface area contributed by atoms with Crippen LogP contribution >= 0.6 is 12.4 Å². The van der Waals surface area contributed by atoms with Gasteiger partial charge in [-0.2, -0.15) is 0 Å². The van der Waals surface area contributed by atoms with E-state index in [4.69, 9.17) is 5.73 Å². The molecule has 0 aliphatic heterocycles. The predicted molar refractivity (Wildman–Crippen MR) is 101 cm³/mol. The van der Waals surface area contributed by atoms with Crippen molar-refractivity contribution in [3.8, 4) is 5.75 Å². The second kappa shape index (κ2) is 8.53. The smallest absolute Gasteiger partial charge is 0.339 e. The molecule has 4 N–H and O–H groups in total. The van der Waals surface area contributed by atoms with Crippen molar-refractivity contribution in [2.45, 2.75) is 42.5 Å². The van der Waals surface area contributed by atoms with Crippen LogP contribution in [0.5, 0.6) is 5.75 Å². The summed E-state index contributed by atoms with van der Waals surface area (Å²) >= 11 is 0. The first-order valence-corrected chi connectivity index (χ1v) is 9.34. The molecule has 2 aromatic rings. The lowest BCUT2D eigenvalue weighted by Gasteiger charge is -2.11. The van der Waals surface area contributed by atoms with Crippen LogP contribution < -0.4 is 5.73 Å². The summed E-state index contributed by atoms with van der Waals surface area (Å²) in [5, 5.41) is 19.2. The summed E-state index contributed by atoms with van der Waals surface area (Å²) in [6.45, 7) is 3.57. The van der Waals surface area contributed by atoms with Crippen molar-refractivity contribution in [1.82, 2.24) is 0 Å². The SMILES string of the molecule is CCc1cc(S(=O)(=O)c2ccc(CC(C)N)cc2)cc(C(=O)O)c1O.Cl. The summed E-state index contributed by atoms with van der Waals surface area (Å²) < 4.78 is 25.6. The van der Waals surface area contributed by atoms with Gasteiger partial charge in [0.25, 0.3) is 0 Å². The fraction of sp³-hybridized carbons (Fsp3) is 0.278. The Morgan fingerprint density at radius 2 is 1.73 bits per heavy atom. The maximum atomic E-state index is 12.8. The second-order valence-corrected chi connectivity index (χ2v) is 7.92. The molecule has 8 heteroatoms. The van der Waals surface area contributed by atoms with Crippen LogP contribution in [0.3, 0.4) is 0 Å². The van der Waals surface area contributed by atoms with Crippen molar-refractivity contribution in [3.63, 3.8) is 0 Å². The topological polar surface area (TPSA) is 118 Å². The lowest BCUT2D eigenvalue weighted by molar-refractivity contribution is 0.0693. The van der Waals surface area contributed by atoms with Gasteiger partial charge < -0.3 is 15.9 Å². The zero-order valence-electron chi connectivity index (χ0n) is 14.5. The number of nitrogens with two attached hydrogens (primary N) is 1. The Morgan fingerprint density at radius 3 is 2.19 bits per heavy atom. The standard InChI is InChI=1S/C18H21NO5S.ClH/c1-3-13-9-15(10-16(17(13)20)18(21)22)25(23,24)14-6-4-12(5-7-14)8-11(2)19;/h4-7,9-11,20H,3,8,19H2,1-2H3,(H,21,22);1H. The summed E-state index contributed by atoms with van der Waals surface area (Å²) in [7, 11) is -3.90. The Morgan fingerprint density at radius 1 is 1.15 bits per heavy atom. The highest BCUT2D eigenvalue weighted by molar-refractivity contribution is 7.91. The number of hydrogen-bond acceptors (Lipinski definition) is 5. The molecule has 26 heavy (non-hydrogen) atoms. The van der Waals surface area contributed by atoms with Gasteiger partial charge in [-0.25, -0.2) is 13.2 Å². The Hall–Kier alpha value is -2.09. The summed E-state index contributed by atoms with van der Waals surface area (Å²) in [6, 6.07) is 8.60. The van der Waals surface area contributed by atoms with E-state index in [2.05, 4.69) is 0 Å². The van der Waals surface area contributed by atoms with Gasteiger partial charge in [0, 0.05) is 6.04 Å². The van der Waals surface area contributed by atoms with Gasteiger partial charge in [0.15, 0.2) is 0 Å². The molecule has 0 fully saturated rings. The number of carbonyl (C=O) groups is 1. The van der Waals surface area contributed by atoms with E-state index in [1.54, 1.807) is 19.1 Å². The highest BCUT2D eigenvalue weighted by Gasteiger charge is 2.23. The largest absolute Gasteiger partial charge is 0.507 e. The van der Waals surface area contributed by atoms with E-state index in [1.165, 1.54) is 18.2 Å². The lowest BCUT2D eigenvalue weighted by Crippen LogP contribution is -2.17. The van der Waals surface area contributed by atoms with Gasteiger partial charge in [-0.15, -0.1) is 12.4 Å². The molecule has 2 aromatic carbocycles. The van der Waals surface area contributed by atoms with Crippen LogP contribution in [0.25, 0.3) is 0 Å².